The van der Waals surface area contributed by atoms with Crippen LogP contribution in [-0.2, 0) is 17.8 Å². The smallest absolute Gasteiger partial charge is 0.338 e. The highest BCUT2D eigenvalue weighted by Crippen LogP contribution is 2.24. The molecule has 4 heteroatoms. The first kappa shape index (κ1) is 13.0. The number of hydrogen-bond acceptors (Lipinski definition) is 3. The van der Waals surface area contributed by atoms with Gasteiger partial charge in [-0.05, 0) is 30.2 Å². The lowest BCUT2D eigenvalue weighted by Gasteiger charge is -2.07. The molecule has 2 aromatic carbocycles. The standard InChI is InChI=1S/C16H14ClNO2/c17-14-4-2-1-3-13(14)10-20-16(19)12-6-5-11-7-8-18-15(11)9-12/h1-6,9,18H,7-8,10H2. The number of ether oxygens (including phenoxy) is 1. The van der Waals surface area contributed by atoms with E-state index in [0.29, 0.717) is 10.6 Å². The maximum atomic E-state index is 12.0. The number of nitrogens with one attached hydrogen (secondary N) is 1. The van der Waals surface area contributed by atoms with E-state index in [1.54, 1.807) is 12.1 Å². The van der Waals surface area contributed by atoms with Gasteiger partial charge in [0.05, 0.1) is 5.56 Å². The van der Waals surface area contributed by atoms with Crippen LogP contribution in [0.25, 0.3) is 0 Å². The van der Waals surface area contributed by atoms with Gasteiger partial charge in [0, 0.05) is 22.8 Å². The van der Waals surface area contributed by atoms with Gasteiger partial charge in [0.2, 0.25) is 0 Å². The molecule has 1 heterocycles. The molecule has 3 rings (SSSR count). The molecule has 20 heavy (non-hydrogen) atoms. The molecule has 1 aliphatic rings. The molecule has 0 aliphatic carbocycles. The van der Waals surface area contributed by atoms with Gasteiger partial charge >= 0.3 is 5.97 Å². The SMILES string of the molecule is O=C(OCc1ccccc1Cl)c1ccc2c(c1)NCC2. The van der Waals surface area contributed by atoms with E-state index < -0.39 is 0 Å². The van der Waals surface area contributed by atoms with Gasteiger partial charge in [-0.3, -0.25) is 0 Å². The molecule has 0 radical (unpaired) electrons. The maximum absolute atomic E-state index is 12.0. The summed E-state index contributed by atoms with van der Waals surface area (Å²) in [5.41, 5.74) is 3.64. The number of carbonyl (C=O) groups excluding carboxylic acids is 1. The summed E-state index contributed by atoms with van der Waals surface area (Å²) in [5, 5.41) is 3.86. The summed E-state index contributed by atoms with van der Waals surface area (Å²) >= 11 is 6.03. The van der Waals surface area contributed by atoms with Crippen molar-refractivity contribution in [2.45, 2.75) is 13.0 Å². The van der Waals surface area contributed by atoms with E-state index in [1.807, 2.05) is 30.3 Å². The van der Waals surface area contributed by atoms with Crippen molar-refractivity contribution in [1.82, 2.24) is 0 Å². The topological polar surface area (TPSA) is 38.3 Å². The Balaban J connectivity index is 1.69. The Hall–Kier alpha value is -2.00. The zero-order chi connectivity index (χ0) is 13.9. The number of halogens is 1. The van der Waals surface area contributed by atoms with Crippen molar-refractivity contribution >= 4 is 23.3 Å². The fraction of sp³-hybridized carbons (Fsp3) is 0.188. The fourth-order valence-electron chi connectivity index (χ4n) is 2.26. The molecule has 1 N–H and O–H groups in total. The molecule has 1 aliphatic heterocycles. The highest BCUT2D eigenvalue weighted by atomic mass is 35.5. The van der Waals surface area contributed by atoms with Crippen LogP contribution in [0, 0.1) is 0 Å². The Morgan fingerprint density at radius 1 is 1.25 bits per heavy atom. The molecule has 0 bridgehead atoms. The summed E-state index contributed by atoms with van der Waals surface area (Å²) in [6, 6.07) is 13.0. The number of benzene rings is 2. The number of fused-ring (bicyclic) bond motifs is 1. The van der Waals surface area contributed by atoms with Crippen molar-refractivity contribution < 1.29 is 9.53 Å². The van der Waals surface area contributed by atoms with E-state index in [0.717, 1.165) is 24.2 Å². The first-order valence-corrected chi connectivity index (χ1v) is 6.89. The molecule has 0 spiro atoms. The second kappa shape index (κ2) is 5.55. The summed E-state index contributed by atoms with van der Waals surface area (Å²) < 4.78 is 5.30. The number of carbonyl (C=O) groups is 1. The minimum Gasteiger partial charge on any atom is -0.457 e. The van der Waals surface area contributed by atoms with Crippen molar-refractivity contribution in [1.29, 1.82) is 0 Å². The minimum absolute atomic E-state index is 0.184. The van der Waals surface area contributed by atoms with Crippen molar-refractivity contribution in [3.63, 3.8) is 0 Å². The number of rotatable bonds is 3. The summed E-state index contributed by atoms with van der Waals surface area (Å²) in [7, 11) is 0. The zero-order valence-electron chi connectivity index (χ0n) is 10.9. The highest BCUT2D eigenvalue weighted by Gasteiger charge is 2.14. The van der Waals surface area contributed by atoms with E-state index in [2.05, 4.69) is 5.32 Å². The molecule has 0 saturated carbocycles. The van der Waals surface area contributed by atoms with Gasteiger partial charge in [-0.1, -0.05) is 35.9 Å². The molecule has 3 nitrogen and oxygen atoms in total. The van der Waals surface area contributed by atoms with Crippen molar-refractivity contribution in [2.24, 2.45) is 0 Å². The van der Waals surface area contributed by atoms with E-state index in [9.17, 15) is 4.79 Å². The minimum atomic E-state index is -0.332. The average molecular weight is 288 g/mol. The number of anilines is 1. The van der Waals surface area contributed by atoms with Crippen LogP contribution in [0.4, 0.5) is 5.69 Å². The van der Waals surface area contributed by atoms with Gasteiger partial charge in [-0.2, -0.15) is 0 Å². The van der Waals surface area contributed by atoms with Gasteiger partial charge in [0.15, 0.2) is 0 Å². The Morgan fingerprint density at radius 3 is 2.95 bits per heavy atom. The average Bonchev–Trinajstić information content (AvgIpc) is 2.93. The lowest BCUT2D eigenvalue weighted by Crippen LogP contribution is -2.06. The van der Waals surface area contributed by atoms with E-state index in [-0.39, 0.29) is 12.6 Å². The Kier molecular flexibility index (Phi) is 3.61. The van der Waals surface area contributed by atoms with Crippen LogP contribution in [0.3, 0.4) is 0 Å². The van der Waals surface area contributed by atoms with Gasteiger partial charge < -0.3 is 10.1 Å². The first-order valence-electron chi connectivity index (χ1n) is 6.51. The van der Waals surface area contributed by atoms with Gasteiger partial charge in [-0.25, -0.2) is 4.79 Å². The molecule has 0 aromatic heterocycles. The molecule has 0 unspecified atom stereocenters. The molecule has 2 aromatic rings. The lowest BCUT2D eigenvalue weighted by molar-refractivity contribution is 0.0473. The summed E-state index contributed by atoms with van der Waals surface area (Å²) in [4.78, 5) is 12.0. The Bertz CT molecular complexity index is 655. The third kappa shape index (κ3) is 2.63. The zero-order valence-corrected chi connectivity index (χ0v) is 11.6. The van der Waals surface area contributed by atoms with Crippen LogP contribution >= 0.6 is 11.6 Å². The molecule has 0 amide bonds. The summed E-state index contributed by atoms with van der Waals surface area (Å²) in [6.07, 6.45) is 1.00. The molecule has 0 fully saturated rings. The second-order valence-electron chi connectivity index (χ2n) is 4.72. The first-order chi connectivity index (χ1) is 9.74. The summed E-state index contributed by atoms with van der Waals surface area (Å²) in [6.45, 7) is 1.11. The Labute approximate surface area is 122 Å². The van der Waals surface area contributed by atoms with Crippen LogP contribution < -0.4 is 5.32 Å². The maximum Gasteiger partial charge on any atom is 0.338 e. The van der Waals surface area contributed by atoms with Gasteiger partial charge in [0.25, 0.3) is 0 Å². The predicted molar refractivity (Wildman–Crippen MR) is 79.2 cm³/mol. The molecular formula is C16H14ClNO2. The molecule has 102 valence electrons. The van der Waals surface area contributed by atoms with Gasteiger partial charge in [0.1, 0.15) is 6.61 Å². The lowest BCUT2D eigenvalue weighted by atomic mass is 10.1. The normalized spacial score (nSPS) is 12.7. The van der Waals surface area contributed by atoms with E-state index in [4.69, 9.17) is 16.3 Å². The number of esters is 1. The van der Waals surface area contributed by atoms with Crippen molar-refractivity contribution in [3.05, 3.63) is 64.2 Å². The van der Waals surface area contributed by atoms with Crippen LogP contribution in [-0.4, -0.2) is 12.5 Å². The van der Waals surface area contributed by atoms with E-state index in [1.165, 1.54) is 5.56 Å². The van der Waals surface area contributed by atoms with Crippen LogP contribution in [0.2, 0.25) is 5.02 Å². The highest BCUT2D eigenvalue weighted by molar-refractivity contribution is 6.31. The molecule has 0 saturated heterocycles. The predicted octanol–water partition coefficient (Wildman–Crippen LogP) is 3.67. The van der Waals surface area contributed by atoms with Gasteiger partial charge in [-0.15, -0.1) is 0 Å². The largest absolute Gasteiger partial charge is 0.457 e. The third-order valence-electron chi connectivity index (χ3n) is 3.37. The van der Waals surface area contributed by atoms with Crippen LogP contribution in [0.15, 0.2) is 42.5 Å². The Morgan fingerprint density at radius 2 is 2.10 bits per heavy atom. The quantitative estimate of drug-likeness (QED) is 0.876. The molecule has 0 atom stereocenters. The second-order valence-corrected chi connectivity index (χ2v) is 5.12. The molecular weight excluding hydrogens is 274 g/mol. The van der Waals surface area contributed by atoms with E-state index >= 15 is 0 Å². The third-order valence-corrected chi connectivity index (χ3v) is 3.74. The summed E-state index contributed by atoms with van der Waals surface area (Å²) in [5.74, 6) is -0.332. The van der Waals surface area contributed by atoms with Crippen molar-refractivity contribution in [3.8, 4) is 0 Å². The van der Waals surface area contributed by atoms with Crippen LogP contribution in [0.5, 0.6) is 0 Å². The fourth-order valence-corrected chi connectivity index (χ4v) is 2.45. The number of hydrogen-bond donors (Lipinski definition) is 1. The van der Waals surface area contributed by atoms with Crippen molar-refractivity contribution in [2.75, 3.05) is 11.9 Å². The van der Waals surface area contributed by atoms with Crippen LogP contribution in [0.1, 0.15) is 21.5 Å². The monoisotopic (exact) mass is 287 g/mol.